The third-order valence-corrected chi connectivity index (χ3v) is 4.37. The van der Waals surface area contributed by atoms with E-state index in [2.05, 4.69) is 57.8 Å². The lowest BCUT2D eigenvalue weighted by atomic mass is 10.1. The fraction of sp³-hybridized carbons (Fsp3) is 0.200. The van der Waals surface area contributed by atoms with E-state index >= 15 is 0 Å². The third kappa shape index (κ3) is 4.07. The van der Waals surface area contributed by atoms with Crippen LogP contribution in [-0.2, 0) is 6.54 Å². The van der Waals surface area contributed by atoms with Crippen LogP contribution in [0.3, 0.4) is 0 Å². The van der Waals surface area contributed by atoms with E-state index in [9.17, 15) is 0 Å². The minimum absolute atomic E-state index is 0. The van der Waals surface area contributed by atoms with E-state index in [-0.39, 0.29) is 30.0 Å². The Kier molecular flexibility index (Phi) is 5.92. The highest BCUT2D eigenvalue weighted by Gasteiger charge is 2.21. The van der Waals surface area contributed by atoms with Crippen molar-refractivity contribution in [3.05, 3.63) is 84.2 Å². The van der Waals surface area contributed by atoms with Gasteiger partial charge in [-0.2, -0.15) is 5.10 Å². The van der Waals surface area contributed by atoms with Gasteiger partial charge in [0, 0.05) is 25.4 Å². The Morgan fingerprint density at radius 3 is 2.50 bits per heavy atom. The molecule has 0 saturated heterocycles. The summed E-state index contributed by atoms with van der Waals surface area (Å²) in [6.07, 6.45) is 3.98. The van der Waals surface area contributed by atoms with Crippen molar-refractivity contribution in [2.24, 2.45) is 4.99 Å². The van der Waals surface area contributed by atoms with Crippen LogP contribution in [0, 0.1) is 0 Å². The van der Waals surface area contributed by atoms with Gasteiger partial charge in [0.2, 0.25) is 0 Å². The molecular weight excluding hydrogens is 437 g/mol. The van der Waals surface area contributed by atoms with Crippen molar-refractivity contribution in [1.29, 1.82) is 0 Å². The Hall–Kier alpha value is -2.35. The maximum atomic E-state index is 4.66. The molecule has 0 fully saturated rings. The van der Waals surface area contributed by atoms with Crippen molar-refractivity contribution >= 4 is 29.9 Å². The summed E-state index contributed by atoms with van der Waals surface area (Å²) in [7, 11) is 2.05. The second kappa shape index (κ2) is 8.35. The first kappa shape index (κ1) is 18.4. The van der Waals surface area contributed by atoms with Crippen molar-refractivity contribution in [1.82, 2.24) is 20.0 Å². The van der Waals surface area contributed by atoms with E-state index in [1.807, 2.05) is 47.3 Å². The Labute approximate surface area is 170 Å². The number of hydrogen-bond acceptors (Lipinski definition) is 4. The van der Waals surface area contributed by atoms with E-state index in [1.54, 1.807) is 0 Å². The van der Waals surface area contributed by atoms with E-state index in [1.165, 1.54) is 5.56 Å². The molecule has 1 aromatic heterocycles. The van der Waals surface area contributed by atoms with Gasteiger partial charge in [-0.25, -0.2) is 4.68 Å². The molecule has 0 saturated carbocycles. The lowest BCUT2D eigenvalue weighted by molar-refractivity contribution is 0.480. The molecule has 0 amide bonds. The largest absolute Gasteiger partial charge is 0.348 e. The van der Waals surface area contributed by atoms with Gasteiger partial charge in [-0.1, -0.05) is 48.5 Å². The zero-order valence-corrected chi connectivity index (χ0v) is 16.9. The molecule has 3 aromatic rings. The van der Waals surface area contributed by atoms with Crippen molar-refractivity contribution in [3.63, 3.8) is 0 Å². The zero-order valence-electron chi connectivity index (χ0n) is 14.6. The van der Waals surface area contributed by atoms with Gasteiger partial charge in [0.05, 0.1) is 24.5 Å². The van der Waals surface area contributed by atoms with Gasteiger partial charge in [-0.3, -0.25) is 4.99 Å². The molecule has 2 aromatic carbocycles. The lowest BCUT2D eigenvalue weighted by Gasteiger charge is -2.20. The highest BCUT2D eigenvalue weighted by Crippen LogP contribution is 2.18. The number of rotatable bonds is 4. The normalized spacial score (nSPS) is 15.7. The van der Waals surface area contributed by atoms with Gasteiger partial charge in [0.15, 0.2) is 5.96 Å². The van der Waals surface area contributed by atoms with Crippen LogP contribution in [0.25, 0.3) is 5.69 Å². The quantitative estimate of drug-likeness (QED) is 0.607. The van der Waals surface area contributed by atoms with Gasteiger partial charge in [0.1, 0.15) is 0 Å². The number of para-hydroxylation sites is 1. The fourth-order valence-electron chi connectivity index (χ4n) is 3.04. The molecule has 6 heteroatoms. The van der Waals surface area contributed by atoms with Crippen LogP contribution in [0.4, 0.5) is 0 Å². The molecule has 5 nitrogen and oxygen atoms in total. The van der Waals surface area contributed by atoms with Crippen LogP contribution >= 0.6 is 24.0 Å². The molecule has 4 rings (SSSR count). The molecule has 1 N–H and O–H groups in total. The second-order valence-electron chi connectivity index (χ2n) is 6.26. The van der Waals surface area contributed by atoms with E-state index in [4.69, 9.17) is 0 Å². The van der Waals surface area contributed by atoms with Crippen LogP contribution in [0.2, 0.25) is 0 Å². The minimum Gasteiger partial charge on any atom is -0.348 e. The topological polar surface area (TPSA) is 45.5 Å². The second-order valence-corrected chi connectivity index (χ2v) is 6.26. The number of hydrogen-bond donors (Lipinski definition) is 1. The molecule has 1 unspecified atom stereocenters. The molecule has 0 spiro atoms. The van der Waals surface area contributed by atoms with Gasteiger partial charge in [-0.15, -0.1) is 24.0 Å². The number of aromatic nitrogens is 2. The number of aliphatic imine (C=N–C) groups is 1. The molecule has 1 aliphatic heterocycles. The standard InChI is InChI=1S/C20H21N5.HI/c1-24(20-21-13-19(23-20)17-8-4-2-5-9-17)14-16-12-22-25(15-16)18-10-6-3-7-11-18;/h2-12,15,19H,13-14H2,1H3,(H,21,23);1H. The van der Waals surface area contributed by atoms with E-state index in [0.29, 0.717) is 0 Å². The van der Waals surface area contributed by atoms with Crippen molar-refractivity contribution < 1.29 is 0 Å². The first-order chi connectivity index (χ1) is 12.3. The molecule has 0 aliphatic carbocycles. The summed E-state index contributed by atoms with van der Waals surface area (Å²) in [6.45, 7) is 1.53. The first-order valence-corrected chi connectivity index (χ1v) is 8.45. The summed E-state index contributed by atoms with van der Waals surface area (Å²) in [5.74, 6) is 0.932. The summed E-state index contributed by atoms with van der Waals surface area (Å²) in [4.78, 5) is 6.79. The summed E-state index contributed by atoms with van der Waals surface area (Å²) in [6, 6.07) is 20.8. The molecule has 0 radical (unpaired) electrons. The molecule has 2 heterocycles. The number of halogens is 1. The zero-order chi connectivity index (χ0) is 17.1. The van der Waals surface area contributed by atoms with Gasteiger partial charge in [-0.05, 0) is 17.7 Å². The Bertz CT molecular complexity index is 860. The van der Waals surface area contributed by atoms with E-state index in [0.717, 1.165) is 30.3 Å². The number of nitrogens with one attached hydrogen (secondary N) is 1. The average Bonchev–Trinajstić information content (AvgIpc) is 3.33. The summed E-state index contributed by atoms with van der Waals surface area (Å²) in [5, 5.41) is 7.97. The highest BCUT2D eigenvalue weighted by molar-refractivity contribution is 14.0. The molecule has 1 atom stereocenters. The highest BCUT2D eigenvalue weighted by atomic mass is 127. The van der Waals surface area contributed by atoms with Crippen LogP contribution in [-0.4, -0.2) is 34.2 Å². The molecular formula is C20H22IN5. The van der Waals surface area contributed by atoms with Crippen LogP contribution in [0.1, 0.15) is 17.2 Å². The summed E-state index contributed by atoms with van der Waals surface area (Å²) < 4.78 is 1.90. The summed E-state index contributed by atoms with van der Waals surface area (Å²) >= 11 is 0. The molecule has 0 bridgehead atoms. The fourth-order valence-corrected chi connectivity index (χ4v) is 3.04. The van der Waals surface area contributed by atoms with Crippen molar-refractivity contribution in [3.8, 4) is 5.69 Å². The van der Waals surface area contributed by atoms with Gasteiger partial charge >= 0.3 is 0 Å². The SMILES string of the molecule is CN(Cc1cnn(-c2ccccc2)c1)C1=NCC(c2ccccc2)N1.I. The minimum atomic E-state index is 0. The summed E-state index contributed by atoms with van der Waals surface area (Å²) in [5.41, 5.74) is 3.49. The van der Waals surface area contributed by atoms with Crippen LogP contribution in [0.15, 0.2) is 78.0 Å². The van der Waals surface area contributed by atoms with Crippen molar-refractivity contribution in [2.75, 3.05) is 13.6 Å². The number of nitrogens with zero attached hydrogens (tertiary/aromatic N) is 4. The number of guanidine groups is 1. The Balaban J connectivity index is 0.00000196. The smallest absolute Gasteiger partial charge is 0.194 e. The number of benzene rings is 2. The molecule has 134 valence electrons. The average molecular weight is 459 g/mol. The lowest BCUT2D eigenvalue weighted by Crippen LogP contribution is -2.36. The maximum Gasteiger partial charge on any atom is 0.194 e. The van der Waals surface area contributed by atoms with Crippen molar-refractivity contribution in [2.45, 2.75) is 12.6 Å². The predicted octanol–water partition coefficient (Wildman–Crippen LogP) is 3.62. The third-order valence-electron chi connectivity index (χ3n) is 4.37. The Morgan fingerprint density at radius 2 is 1.77 bits per heavy atom. The Morgan fingerprint density at radius 1 is 1.08 bits per heavy atom. The molecule has 1 aliphatic rings. The van der Waals surface area contributed by atoms with Crippen LogP contribution < -0.4 is 5.32 Å². The monoisotopic (exact) mass is 459 g/mol. The maximum absolute atomic E-state index is 4.66. The van der Waals surface area contributed by atoms with Crippen LogP contribution in [0.5, 0.6) is 0 Å². The van der Waals surface area contributed by atoms with E-state index < -0.39 is 0 Å². The van der Waals surface area contributed by atoms with Gasteiger partial charge < -0.3 is 10.2 Å². The first-order valence-electron chi connectivity index (χ1n) is 8.45. The molecule has 26 heavy (non-hydrogen) atoms. The van der Waals surface area contributed by atoms with Gasteiger partial charge in [0.25, 0.3) is 0 Å². The predicted molar refractivity (Wildman–Crippen MR) is 115 cm³/mol.